The Morgan fingerprint density at radius 1 is 0.812 bits per heavy atom. The molecule has 0 aliphatic rings. The maximum atomic E-state index is 15.6. The standard InChI is InChI=1S/C24H14F2N6/c25-15-5-1-3-13(11-15)21-22-18(8-10-28-21)29-24(30-22)23-19-17(31-32-23)7-6-16(20(19)26)14-4-2-9-27-12-14/h1-12H,(H,29,30)(H,31,32). The van der Waals surface area contributed by atoms with Gasteiger partial charge < -0.3 is 4.98 Å². The minimum absolute atomic E-state index is 0.325. The molecule has 32 heavy (non-hydrogen) atoms. The van der Waals surface area contributed by atoms with Gasteiger partial charge in [0.25, 0.3) is 0 Å². The van der Waals surface area contributed by atoms with E-state index < -0.39 is 5.82 Å². The largest absolute Gasteiger partial charge is 0.336 e. The highest BCUT2D eigenvalue weighted by Crippen LogP contribution is 2.34. The summed E-state index contributed by atoms with van der Waals surface area (Å²) in [6.07, 6.45) is 4.87. The van der Waals surface area contributed by atoms with Crippen LogP contribution in [0.5, 0.6) is 0 Å². The van der Waals surface area contributed by atoms with Gasteiger partial charge in [-0.15, -0.1) is 0 Å². The molecule has 8 heteroatoms. The van der Waals surface area contributed by atoms with Gasteiger partial charge in [0.15, 0.2) is 5.82 Å². The van der Waals surface area contributed by atoms with Crippen molar-refractivity contribution < 1.29 is 8.78 Å². The van der Waals surface area contributed by atoms with Crippen molar-refractivity contribution in [1.82, 2.24) is 30.1 Å². The third-order valence-electron chi connectivity index (χ3n) is 5.36. The van der Waals surface area contributed by atoms with E-state index in [1.54, 1.807) is 61.1 Å². The monoisotopic (exact) mass is 424 g/mol. The Labute approximate surface area is 180 Å². The van der Waals surface area contributed by atoms with Crippen LogP contribution in [0, 0.1) is 11.6 Å². The normalized spacial score (nSPS) is 11.4. The first-order valence-corrected chi connectivity index (χ1v) is 9.87. The topological polar surface area (TPSA) is 83.1 Å². The molecule has 0 unspecified atom stereocenters. The summed E-state index contributed by atoms with van der Waals surface area (Å²) in [7, 11) is 0. The highest BCUT2D eigenvalue weighted by molar-refractivity contribution is 5.98. The molecule has 6 rings (SSSR count). The Bertz CT molecular complexity index is 1600. The number of nitrogens with zero attached hydrogens (tertiary/aromatic N) is 4. The molecule has 0 radical (unpaired) electrons. The number of H-pyrrole nitrogens is 2. The first-order valence-electron chi connectivity index (χ1n) is 9.87. The molecular weight excluding hydrogens is 410 g/mol. The van der Waals surface area contributed by atoms with Crippen LogP contribution < -0.4 is 0 Å². The summed E-state index contributed by atoms with van der Waals surface area (Å²) in [5.41, 5.74) is 4.36. The van der Waals surface area contributed by atoms with Crippen LogP contribution in [-0.2, 0) is 0 Å². The van der Waals surface area contributed by atoms with Crippen molar-refractivity contribution in [3.05, 3.63) is 84.8 Å². The molecule has 0 bridgehead atoms. The first kappa shape index (κ1) is 18.3. The highest BCUT2D eigenvalue weighted by Gasteiger charge is 2.20. The van der Waals surface area contributed by atoms with Crippen LogP contribution in [0.25, 0.3) is 55.8 Å². The molecule has 0 aliphatic heterocycles. The van der Waals surface area contributed by atoms with Crippen molar-refractivity contribution in [2.45, 2.75) is 0 Å². The molecule has 0 saturated heterocycles. The number of hydrogen-bond donors (Lipinski definition) is 2. The van der Waals surface area contributed by atoms with Crippen LogP contribution in [0.2, 0.25) is 0 Å². The van der Waals surface area contributed by atoms with Gasteiger partial charge in [0.2, 0.25) is 0 Å². The predicted molar refractivity (Wildman–Crippen MR) is 118 cm³/mol. The minimum atomic E-state index is -0.414. The number of hydrogen-bond acceptors (Lipinski definition) is 4. The predicted octanol–water partition coefficient (Wildman–Crippen LogP) is 5.51. The van der Waals surface area contributed by atoms with Gasteiger partial charge in [0.1, 0.15) is 22.8 Å². The zero-order valence-corrected chi connectivity index (χ0v) is 16.5. The van der Waals surface area contributed by atoms with Gasteiger partial charge in [-0.1, -0.05) is 18.2 Å². The molecule has 6 nitrogen and oxygen atoms in total. The first-order chi connectivity index (χ1) is 15.7. The molecule has 0 atom stereocenters. The quantitative estimate of drug-likeness (QED) is 0.393. The van der Waals surface area contributed by atoms with Crippen LogP contribution in [0.3, 0.4) is 0 Å². The lowest BCUT2D eigenvalue weighted by molar-refractivity contribution is 0.628. The lowest BCUT2D eigenvalue weighted by atomic mass is 10.0. The number of fused-ring (bicyclic) bond motifs is 2. The van der Waals surface area contributed by atoms with E-state index in [0.29, 0.717) is 55.8 Å². The number of benzene rings is 2. The molecule has 2 aromatic carbocycles. The van der Waals surface area contributed by atoms with Gasteiger partial charge in [-0.05, 0) is 36.4 Å². The number of aromatic amines is 2. The third kappa shape index (κ3) is 2.84. The Hall–Kier alpha value is -4.46. The molecule has 0 fully saturated rings. The Morgan fingerprint density at radius 3 is 2.56 bits per heavy atom. The van der Waals surface area contributed by atoms with E-state index in [2.05, 4.69) is 30.1 Å². The molecule has 0 aliphatic carbocycles. The van der Waals surface area contributed by atoms with Crippen molar-refractivity contribution in [2.75, 3.05) is 0 Å². The fourth-order valence-electron chi connectivity index (χ4n) is 3.88. The molecule has 6 aromatic rings. The number of halogens is 2. The summed E-state index contributed by atoms with van der Waals surface area (Å²) in [5.74, 6) is -0.386. The number of aromatic nitrogens is 6. The van der Waals surface area contributed by atoms with Crippen LogP contribution in [0.15, 0.2) is 73.2 Å². The molecule has 0 saturated carbocycles. The molecule has 2 N–H and O–H groups in total. The Kier molecular flexibility index (Phi) is 4.04. The number of pyridine rings is 2. The third-order valence-corrected chi connectivity index (χ3v) is 5.36. The number of imidazole rings is 1. The SMILES string of the molecule is Fc1cccc(-c2nccc3[nH]c(-c4n[nH]c5ccc(-c6cccnc6)c(F)c45)nc23)c1. The molecule has 4 aromatic heterocycles. The van der Waals surface area contributed by atoms with Crippen LogP contribution in [-0.4, -0.2) is 30.1 Å². The van der Waals surface area contributed by atoms with Crippen molar-refractivity contribution >= 4 is 21.9 Å². The van der Waals surface area contributed by atoms with Crippen LogP contribution in [0.4, 0.5) is 8.78 Å². The minimum Gasteiger partial charge on any atom is -0.336 e. The van der Waals surface area contributed by atoms with E-state index in [1.165, 1.54) is 12.1 Å². The summed E-state index contributed by atoms with van der Waals surface area (Å²) in [5, 5.41) is 7.52. The smallest absolute Gasteiger partial charge is 0.159 e. The number of nitrogens with one attached hydrogen (secondary N) is 2. The van der Waals surface area contributed by atoms with E-state index in [-0.39, 0.29) is 5.82 Å². The molecule has 154 valence electrons. The lowest BCUT2D eigenvalue weighted by Gasteiger charge is -2.04. The Balaban J connectivity index is 1.55. The van der Waals surface area contributed by atoms with Gasteiger partial charge in [0.05, 0.1) is 22.1 Å². The van der Waals surface area contributed by atoms with E-state index >= 15 is 4.39 Å². The van der Waals surface area contributed by atoms with Crippen LogP contribution >= 0.6 is 0 Å². The molecule has 4 heterocycles. The summed E-state index contributed by atoms with van der Waals surface area (Å²) >= 11 is 0. The van der Waals surface area contributed by atoms with Gasteiger partial charge in [-0.2, -0.15) is 5.10 Å². The average Bonchev–Trinajstić information content (AvgIpc) is 3.44. The average molecular weight is 424 g/mol. The second-order valence-corrected chi connectivity index (χ2v) is 7.32. The number of rotatable bonds is 3. The van der Waals surface area contributed by atoms with E-state index in [9.17, 15) is 4.39 Å². The zero-order valence-electron chi connectivity index (χ0n) is 16.5. The van der Waals surface area contributed by atoms with Gasteiger partial charge >= 0.3 is 0 Å². The molecular formula is C24H14F2N6. The summed E-state index contributed by atoms with van der Waals surface area (Å²) in [6.45, 7) is 0. The van der Waals surface area contributed by atoms with Gasteiger partial charge in [-0.3, -0.25) is 15.1 Å². The van der Waals surface area contributed by atoms with E-state index in [0.717, 1.165) is 0 Å². The fraction of sp³-hybridized carbons (Fsp3) is 0. The summed E-state index contributed by atoms with van der Waals surface area (Å²) in [4.78, 5) is 16.3. The van der Waals surface area contributed by atoms with E-state index in [1.807, 2.05) is 0 Å². The van der Waals surface area contributed by atoms with Crippen molar-refractivity contribution in [3.63, 3.8) is 0 Å². The van der Waals surface area contributed by atoms with Gasteiger partial charge in [-0.25, -0.2) is 13.8 Å². The molecule has 0 amide bonds. The van der Waals surface area contributed by atoms with Gasteiger partial charge in [0, 0.05) is 35.3 Å². The second kappa shape index (κ2) is 7.05. The van der Waals surface area contributed by atoms with Crippen molar-refractivity contribution in [3.8, 4) is 33.9 Å². The van der Waals surface area contributed by atoms with Crippen molar-refractivity contribution in [2.24, 2.45) is 0 Å². The second-order valence-electron chi connectivity index (χ2n) is 7.32. The summed E-state index contributed by atoms with van der Waals surface area (Å²) in [6, 6.07) is 15.0. The van der Waals surface area contributed by atoms with E-state index in [4.69, 9.17) is 0 Å². The lowest BCUT2D eigenvalue weighted by Crippen LogP contribution is -1.89. The fourth-order valence-corrected chi connectivity index (χ4v) is 3.88. The van der Waals surface area contributed by atoms with Crippen LogP contribution in [0.1, 0.15) is 0 Å². The zero-order chi connectivity index (χ0) is 21.7. The molecule has 0 spiro atoms. The maximum Gasteiger partial charge on any atom is 0.159 e. The Morgan fingerprint density at radius 2 is 1.72 bits per heavy atom. The van der Waals surface area contributed by atoms with Crippen molar-refractivity contribution in [1.29, 1.82) is 0 Å². The highest BCUT2D eigenvalue weighted by atomic mass is 19.1. The summed E-state index contributed by atoms with van der Waals surface area (Å²) < 4.78 is 29.4. The maximum absolute atomic E-state index is 15.6.